The van der Waals surface area contributed by atoms with Gasteiger partial charge in [0.25, 0.3) is 0 Å². The quantitative estimate of drug-likeness (QED) is 0.510. The molecule has 9 nitrogen and oxygen atoms in total. The molecule has 0 spiro atoms. The Bertz CT molecular complexity index is 759. The highest BCUT2D eigenvalue weighted by atomic mass is 16.6. The largest absolute Gasteiger partial charge is 0.494 e. The first-order chi connectivity index (χ1) is 13.5. The van der Waals surface area contributed by atoms with Crippen molar-refractivity contribution in [2.45, 2.75) is 26.7 Å². The van der Waals surface area contributed by atoms with Gasteiger partial charge < -0.3 is 24.3 Å². The number of nitriles is 2. The standard InChI is InChI=1S/C19H21N3O6/c1-12-15(18(23)27-7-3-5-20)17(14-11-25-9-10-26-14)16(13(2)22-12)19(24)28-8-4-6-21/h11,17,22H,3-4,7-10H2,1-2H3. The number of carbonyl (C=O) groups is 2. The van der Waals surface area contributed by atoms with E-state index in [4.69, 9.17) is 29.5 Å². The fourth-order valence-corrected chi connectivity index (χ4v) is 2.89. The third-order valence-corrected chi connectivity index (χ3v) is 4.05. The van der Waals surface area contributed by atoms with Crippen LogP contribution in [0.15, 0.2) is 34.6 Å². The molecule has 0 bridgehead atoms. The van der Waals surface area contributed by atoms with Gasteiger partial charge in [0.05, 0.1) is 42.0 Å². The Kier molecular flexibility index (Phi) is 7.46. The number of hydrogen-bond donors (Lipinski definition) is 1. The molecule has 0 aromatic heterocycles. The number of ether oxygens (including phenoxy) is 4. The molecule has 2 heterocycles. The predicted octanol–water partition coefficient (Wildman–Crippen LogP) is 1.56. The van der Waals surface area contributed by atoms with E-state index in [1.165, 1.54) is 6.26 Å². The van der Waals surface area contributed by atoms with Crippen LogP contribution >= 0.6 is 0 Å². The molecule has 0 aliphatic carbocycles. The summed E-state index contributed by atoms with van der Waals surface area (Å²) in [5.41, 5.74) is 1.33. The summed E-state index contributed by atoms with van der Waals surface area (Å²) in [6, 6.07) is 3.80. The van der Waals surface area contributed by atoms with Gasteiger partial charge in [-0.25, -0.2) is 9.59 Å². The van der Waals surface area contributed by atoms with E-state index in [0.717, 1.165) is 0 Å². The van der Waals surface area contributed by atoms with Gasteiger partial charge in [-0.15, -0.1) is 0 Å². The zero-order valence-corrected chi connectivity index (χ0v) is 15.7. The van der Waals surface area contributed by atoms with Gasteiger partial charge in [-0.3, -0.25) is 0 Å². The fraction of sp³-hybridized carbons (Fsp3) is 0.474. The summed E-state index contributed by atoms with van der Waals surface area (Å²) in [5, 5.41) is 20.3. The Morgan fingerprint density at radius 2 is 1.61 bits per heavy atom. The summed E-state index contributed by atoms with van der Waals surface area (Å²) in [5.74, 6) is -1.94. The van der Waals surface area contributed by atoms with Crippen molar-refractivity contribution >= 4 is 11.9 Å². The van der Waals surface area contributed by atoms with E-state index in [9.17, 15) is 9.59 Å². The number of dihydropyridines is 1. The second-order valence-electron chi connectivity index (χ2n) is 5.96. The summed E-state index contributed by atoms with van der Waals surface area (Å²) in [4.78, 5) is 25.4. The summed E-state index contributed by atoms with van der Waals surface area (Å²) in [7, 11) is 0. The van der Waals surface area contributed by atoms with Gasteiger partial charge >= 0.3 is 11.9 Å². The number of allylic oxidation sites excluding steroid dienone is 3. The molecule has 0 aromatic carbocycles. The molecular formula is C19H21N3O6. The van der Waals surface area contributed by atoms with Crippen LogP contribution in [0.1, 0.15) is 26.7 Å². The van der Waals surface area contributed by atoms with Crippen molar-refractivity contribution in [3.63, 3.8) is 0 Å². The van der Waals surface area contributed by atoms with E-state index in [0.29, 0.717) is 18.0 Å². The lowest BCUT2D eigenvalue weighted by Crippen LogP contribution is -2.36. The molecule has 2 rings (SSSR count). The average molecular weight is 387 g/mol. The van der Waals surface area contributed by atoms with Crippen molar-refractivity contribution in [2.75, 3.05) is 26.4 Å². The van der Waals surface area contributed by atoms with E-state index >= 15 is 0 Å². The number of nitrogens with one attached hydrogen (secondary N) is 1. The van der Waals surface area contributed by atoms with Crippen LogP contribution < -0.4 is 5.32 Å². The Hall–Kier alpha value is -3.46. The van der Waals surface area contributed by atoms with Gasteiger partial charge in [0.2, 0.25) is 0 Å². The van der Waals surface area contributed by atoms with Crippen LogP contribution in [0.2, 0.25) is 0 Å². The molecule has 0 aromatic rings. The lowest BCUT2D eigenvalue weighted by molar-refractivity contribution is -0.140. The highest BCUT2D eigenvalue weighted by Gasteiger charge is 2.41. The Labute approximate surface area is 162 Å². The maximum atomic E-state index is 12.7. The third-order valence-electron chi connectivity index (χ3n) is 4.05. The first kappa shape index (κ1) is 20.8. The molecule has 0 amide bonds. The van der Waals surface area contributed by atoms with E-state index in [1.807, 2.05) is 12.1 Å². The normalized spacial score (nSPS) is 16.6. The van der Waals surface area contributed by atoms with Gasteiger partial charge in [-0.2, -0.15) is 10.5 Å². The van der Waals surface area contributed by atoms with Gasteiger partial charge in [0, 0.05) is 11.4 Å². The van der Waals surface area contributed by atoms with Crippen molar-refractivity contribution in [2.24, 2.45) is 5.92 Å². The third kappa shape index (κ3) is 4.83. The second kappa shape index (κ2) is 10.0. The highest BCUT2D eigenvalue weighted by molar-refractivity contribution is 5.98. The highest BCUT2D eigenvalue weighted by Crippen LogP contribution is 2.37. The Balaban J connectivity index is 2.40. The minimum atomic E-state index is -0.884. The predicted molar refractivity (Wildman–Crippen MR) is 94.4 cm³/mol. The molecule has 0 atom stereocenters. The fourth-order valence-electron chi connectivity index (χ4n) is 2.89. The number of carbonyl (C=O) groups excluding carboxylic acids is 2. The smallest absolute Gasteiger partial charge is 0.336 e. The monoisotopic (exact) mass is 387 g/mol. The Morgan fingerprint density at radius 3 is 2.04 bits per heavy atom. The lowest BCUT2D eigenvalue weighted by Gasteiger charge is -2.32. The molecule has 0 radical (unpaired) electrons. The van der Waals surface area contributed by atoms with Crippen LogP contribution in [0.25, 0.3) is 0 Å². The molecular weight excluding hydrogens is 366 g/mol. The van der Waals surface area contributed by atoms with E-state index in [1.54, 1.807) is 13.8 Å². The van der Waals surface area contributed by atoms with Crippen molar-refractivity contribution in [3.05, 3.63) is 34.6 Å². The maximum absolute atomic E-state index is 12.7. The minimum absolute atomic E-state index is 0.0520. The summed E-state index contributed by atoms with van der Waals surface area (Å²) in [6.45, 7) is 3.84. The maximum Gasteiger partial charge on any atom is 0.336 e. The molecule has 2 aliphatic heterocycles. The molecule has 9 heteroatoms. The molecule has 0 fully saturated rings. The molecule has 0 unspecified atom stereocenters. The van der Waals surface area contributed by atoms with Gasteiger partial charge in [-0.1, -0.05) is 0 Å². The zero-order chi connectivity index (χ0) is 20.5. The molecule has 0 saturated heterocycles. The molecule has 148 valence electrons. The van der Waals surface area contributed by atoms with Crippen molar-refractivity contribution in [1.82, 2.24) is 5.32 Å². The van der Waals surface area contributed by atoms with Crippen molar-refractivity contribution in [1.29, 1.82) is 10.5 Å². The van der Waals surface area contributed by atoms with Crippen molar-refractivity contribution < 1.29 is 28.5 Å². The van der Waals surface area contributed by atoms with Crippen LogP contribution in [0.5, 0.6) is 0 Å². The van der Waals surface area contributed by atoms with Crippen LogP contribution in [0.3, 0.4) is 0 Å². The first-order valence-electron chi connectivity index (χ1n) is 8.72. The van der Waals surface area contributed by atoms with E-state index < -0.39 is 17.9 Å². The number of rotatable bonds is 7. The molecule has 2 aliphatic rings. The van der Waals surface area contributed by atoms with Crippen LogP contribution in [0.4, 0.5) is 0 Å². The molecule has 28 heavy (non-hydrogen) atoms. The Morgan fingerprint density at radius 1 is 1.07 bits per heavy atom. The number of hydrogen-bond acceptors (Lipinski definition) is 9. The molecule has 0 saturated carbocycles. The zero-order valence-electron chi connectivity index (χ0n) is 15.7. The molecule has 1 N–H and O–H groups in total. The van der Waals surface area contributed by atoms with E-state index in [2.05, 4.69) is 5.32 Å². The van der Waals surface area contributed by atoms with Gasteiger partial charge in [0.1, 0.15) is 38.4 Å². The second-order valence-corrected chi connectivity index (χ2v) is 5.96. The van der Waals surface area contributed by atoms with Gasteiger partial charge in [0.15, 0.2) is 0 Å². The van der Waals surface area contributed by atoms with Crippen LogP contribution in [-0.4, -0.2) is 38.4 Å². The lowest BCUT2D eigenvalue weighted by atomic mass is 9.84. The van der Waals surface area contributed by atoms with E-state index in [-0.39, 0.29) is 49.6 Å². The number of esters is 2. The van der Waals surface area contributed by atoms with Gasteiger partial charge in [-0.05, 0) is 13.8 Å². The van der Waals surface area contributed by atoms with Crippen LogP contribution in [0, 0.1) is 28.6 Å². The average Bonchev–Trinajstić information content (AvgIpc) is 2.68. The topological polar surface area (TPSA) is 131 Å². The summed E-state index contributed by atoms with van der Waals surface area (Å²) >= 11 is 0. The SMILES string of the molecule is CC1=C(C(=O)OCCC#N)C(C2=COCCO2)C(C(=O)OCCC#N)=C(C)N1. The minimum Gasteiger partial charge on any atom is -0.494 e. The van der Waals surface area contributed by atoms with Crippen molar-refractivity contribution in [3.8, 4) is 12.1 Å². The summed E-state index contributed by atoms with van der Waals surface area (Å²) in [6.07, 6.45) is 1.47. The first-order valence-corrected chi connectivity index (χ1v) is 8.72. The number of nitrogens with zero attached hydrogens (tertiary/aromatic N) is 2. The van der Waals surface area contributed by atoms with Crippen LogP contribution in [-0.2, 0) is 28.5 Å². The summed E-state index contributed by atoms with van der Waals surface area (Å²) < 4.78 is 21.3.